The van der Waals surface area contributed by atoms with Crippen LogP contribution in [-0.4, -0.2) is 11.1 Å². The molecule has 2 heteroatoms. The highest BCUT2D eigenvalue weighted by Crippen LogP contribution is 2.22. The second-order valence-electron chi connectivity index (χ2n) is 5.53. The molecule has 0 saturated carbocycles. The minimum Gasteiger partial charge on any atom is -0.508 e. The van der Waals surface area contributed by atoms with Crippen molar-refractivity contribution in [1.29, 1.82) is 0 Å². The largest absolute Gasteiger partial charge is 0.508 e. The second kappa shape index (κ2) is 5.35. The van der Waals surface area contributed by atoms with E-state index in [1.54, 1.807) is 6.07 Å². The van der Waals surface area contributed by atoms with Crippen LogP contribution in [0.5, 0.6) is 5.75 Å². The summed E-state index contributed by atoms with van der Waals surface area (Å²) in [4.78, 5) is 0. The maximum atomic E-state index is 9.33. The first kappa shape index (κ1) is 13.0. The molecule has 0 amide bonds. The lowest BCUT2D eigenvalue weighted by Gasteiger charge is -2.26. The zero-order valence-corrected chi connectivity index (χ0v) is 10.5. The van der Waals surface area contributed by atoms with E-state index in [2.05, 4.69) is 20.8 Å². The molecule has 0 radical (unpaired) electrons. The standard InChI is InChI=1S/C14H23NO/c1-14(2,3)13(15)9-5-7-11-6-4-8-12(16)10-11/h4,6,8,10,13,16H,5,7,9,15H2,1-3H3. The van der Waals surface area contributed by atoms with Gasteiger partial charge in [-0.15, -0.1) is 0 Å². The Morgan fingerprint density at radius 1 is 1.31 bits per heavy atom. The fourth-order valence-electron chi connectivity index (χ4n) is 1.67. The van der Waals surface area contributed by atoms with E-state index < -0.39 is 0 Å². The summed E-state index contributed by atoms with van der Waals surface area (Å²) in [6.07, 6.45) is 3.08. The molecule has 0 aliphatic rings. The van der Waals surface area contributed by atoms with Gasteiger partial charge in [0.1, 0.15) is 5.75 Å². The van der Waals surface area contributed by atoms with Crippen LogP contribution in [0.4, 0.5) is 0 Å². The van der Waals surface area contributed by atoms with Gasteiger partial charge >= 0.3 is 0 Å². The molecular weight excluding hydrogens is 198 g/mol. The molecular formula is C14H23NO. The Kier molecular flexibility index (Phi) is 4.36. The van der Waals surface area contributed by atoms with Gasteiger partial charge in [-0.1, -0.05) is 32.9 Å². The summed E-state index contributed by atoms with van der Waals surface area (Å²) in [5.41, 5.74) is 7.46. The second-order valence-corrected chi connectivity index (χ2v) is 5.53. The van der Waals surface area contributed by atoms with Gasteiger partial charge in [-0.05, 0) is 42.4 Å². The van der Waals surface area contributed by atoms with Crippen molar-refractivity contribution >= 4 is 0 Å². The van der Waals surface area contributed by atoms with Gasteiger partial charge in [0.05, 0.1) is 0 Å². The van der Waals surface area contributed by atoms with Gasteiger partial charge in [-0.25, -0.2) is 0 Å². The van der Waals surface area contributed by atoms with E-state index in [1.165, 1.54) is 5.56 Å². The van der Waals surface area contributed by atoms with Gasteiger partial charge in [0.25, 0.3) is 0 Å². The fourth-order valence-corrected chi connectivity index (χ4v) is 1.67. The number of phenolic OH excluding ortho intramolecular Hbond substituents is 1. The van der Waals surface area contributed by atoms with Crippen LogP contribution in [0.3, 0.4) is 0 Å². The van der Waals surface area contributed by atoms with Crippen LogP contribution in [0, 0.1) is 5.41 Å². The van der Waals surface area contributed by atoms with Crippen LogP contribution < -0.4 is 5.73 Å². The highest BCUT2D eigenvalue weighted by Gasteiger charge is 2.19. The highest BCUT2D eigenvalue weighted by atomic mass is 16.3. The minimum absolute atomic E-state index is 0.179. The van der Waals surface area contributed by atoms with Gasteiger partial charge in [-0.3, -0.25) is 0 Å². The predicted octanol–water partition coefficient (Wildman–Crippen LogP) is 3.09. The average Bonchev–Trinajstić information content (AvgIpc) is 2.16. The monoisotopic (exact) mass is 221 g/mol. The van der Waals surface area contributed by atoms with Crippen molar-refractivity contribution in [3.63, 3.8) is 0 Å². The van der Waals surface area contributed by atoms with Gasteiger partial charge in [0, 0.05) is 6.04 Å². The minimum atomic E-state index is 0.179. The van der Waals surface area contributed by atoms with E-state index in [9.17, 15) is 5.11 Å². The molecule has 1 aromatic rings. The molecule has 1 atom stereocenters. The summed E-state index contributed by atoms with van der Waals surface area (Å²) in [5, 5.41) is 9.33. The zero-order chi connectivity index (χ0) is 12.2. The van der Waals surface area contributed by atoms with Crippen molar-refractivity contribution in [3.8, 4) is 5.75 Å². The maximum absolute atomic E-state index is 9.33. The van der Waals surface area contributed by atoms with E-state index in [1.807, 2.05) is 18.2 Å². The molecule has 0 aliphatic carbocycles. The number of hydrogen-bond acceptors (Lipinski definition) is 2. The lowest BCUT2D eigenvalue weighted by molar-refractivity contribution is 0.301. The van der Waals surface area contributed by atoms with Crippen LogP contribution in [0.15, 0.2) is 24.3 Å². The van der Waals surface area contributed by atoms with E-state index in [0.717, 1.165) is 19.3 Å². The summed E-state index contributed by atoms with van der Waals surface area (Å²) < 4.78 is 0. The third-order valence-corrected chi connectivity index (χ3v) is 3.00. The van der Waals surface area contributed by atoms with Crippen molar-refractivity contribution in [2.24, 2.45) is 11.1 Å². The van der Waals surface area contributed by atoms with Crippen molar-refractivity contribution in [2.45, 2.75) is 46.1 Å². The number of nitrogens with two attached hydrogens (primary N) is 1. The molecule has 1 unspecified atom stereocenters. The fraction of sp³-hybridized carbons (Fsp3) is 0.571. The van der Waals surface area contributed by atoms with Crippen molar-refractivity contribution in [3.05, 3.63) is 29.8 Å². The molecule has 0 spiro atoms. The van der Waals surface area contributed by atoms with Crippen molar-refractivity contribution in [2.75, 3.05) is 0 Å². The molecule has 90 valence electrons. The Morgan fingerprint density at radius 3 is 2.56 bits per heavy atom. The topological polar surface area (TPSA) is 46.2 Å². The normalized spacial score (nSPS) is 13.8. The van der Waals surface area contributed by atoms with Gasteiger partial charge in [0.2, 0.25) is 0 Å². The number of aryl methyl sites for hydroxylation is 1. The zero-order valence-electron chi connectivity index (χ0n) is 10.5. The first-order valence-electron chi connectivity index (χ1n) is 5.93. The van der Waals surface area contributed by atoms with Gasteiger partial charge in [-0.2, -0.15) is 0 Å². The summed E-state index contributed by atoms with van der Waals surface area (Å²) in [6.45, 7) is 6.52. The average molecular weight is 221 g/mol. The van der Waals surface area contributed by atoms with Crippen molar-refractivity contribution in [1.82, 2.24) is 0 Å². The SMILES string of the molecule is CC(C)(C)C(N)CCCc1cccc(O)c1. The predicted molar refractivity (Wildman–Crippen MR) is 68.5 cm³/mol. The molecule has 2 nitrogen and oxygen atoms in total. The molecule has 1 aromatic carbocycles. The number of aromatic hydroxyl groups is 1. The van der Waals surface area contributed by atoms with Crippen LogP contribution in [0.25, 0.3) is 0 Å². The highest BCUT2D eigenvalue weighted by molar-refractivity contribution is 5.27. The molecule has 16 heavy (non-hydrogen) atoms. The molecule has 0 fully saturated rings. The smallest absolute Gasteiger partial charge is 0.115 e. The summed E-state index contributed by atoms with van der Waals surface area (Å²) >= 11 is 0. The van der Waals surface area contributed by atoms with E-state index in [0.29, 0.717) is 5.75 Å². The number of benzene rings is 1. The number of phenols is 1. The van der Waals surface area contributed by atoms with Crippen LogP contribution in [-0.2, 0) is 6.42 Å². The van der Waals surface area contributed by atoms with E-state index in [-0.39, 0.29) is 11.5 Å². The summed E-state index contributed by atoms with van der Waals surface area (Å²) in [5.74, 6) is 0.345. The molecule has 1 rings (SSSR count). The first-order chi connectivity index (χ1) is 7.39. The molecule has 0 saturated heterocycles. The Morgan fingerprint density at radius 2 is 2.00 bits per heavy atom. The van der Waals surface area contributed by atoms with Gasteiger partial charge in [0.15, 0.2) is 0 Å². The number of hydrogen-bond donors (Lipinski definition) is 2. The Labute approximate surface area is 98.5 Å². The Bertz CT molecular complexity index is 328. The van der Waals surface area contributed by atoms with Crippen LogP contribution in [0.2, 0.25) is 0 Å². The van der Waals surface area contributed by atoms with Crippen LogP contribution in [0.1, 0.15) is 39.2 Å². The maximum Gasteiger partial charge on any atom is 0.115 e. The molecule has 0 aliphatic heterocycles. The molecule has 0 aromatic heterocycles. The summed E-state index contributed by atoms with van der Waals surface area (Å²) in [7, 11) is 0. The third kappa shape index (κ3) is 4.23. The van der Waals surface area contributed by atoms with Crippen molar-refractivity contribution < 1.29 is 5.11 Å². The van der Waals surface area contributed by atoms with Crippen LogP contribution >= 0.6 is 0 Å². The Hall–Kier alpha value is -1.02. The Balaban J connectivity index is 2.36. The lowest BCUT2D eigenvalue weighted by Crippen LogP contribution is -2.34. The first-order valence-corrected chi connectivity index (χ1v) is 5.93. The van der Waals surface area contributed by atoms with Gasteiger partial charge < -0.3 is 10.8 Å². The third-order valence-electron chi connectivity index (χ3n) is 3.00. The van der Waals surface area contributed by atoms with E-state index >= 15 is 0 Å². The molecule has 0 bridgehead atoms. The lowest BCUT2D eigenvalue weighted by atomic mass is 9.84. The summed E-state index contributed by atoms with van der Waals surface area (Å²) in [6, 6.07) is 7.69. The molecule has 3 N–H and O–H groups in total. The van der Waals surface area contributed by atoms with E-state index in [4.69, 9.17) is 5.73 Å². The number of rotatable bonds is 4. The molecule has 0 heterocycles. The quantitative estimate of drug-likeness (QED) is 0.820.